The summed E-state index contributed by atoms with van der Waals surface area (Å²) in [5, 5.41) is 4.20. The molecule has 1 heterocycles. The van der Waals surface area contributed by atoms with E-state index in [1.807, 2.05) is 50.1 Å². The van der Waals surface area contributed by atoms with Crippen molar-refractivity contribution in [1.29, 1.82) is 0 Å². The molecule has 0 bridgehead atoms. The molecule has 0 spiro atoms. The van der Waals surface area contributed by atoms with Crippen molar-refractivity contribution >= 4 is 34.0 Å². The number of thiazole rings is 1. The van der Waals surface area contributed by atoms with E-state index < -0.39 is 0 Å². The van der Waals surface area contributed by atoms with Crippen molar-refractivity contribution in [2.24, 2.45) is 0 Å². The van der Waals surface area contributed by atoms with E-state index in [2.05, 4.69) is 10.3 Å². The van der Waals surface area contributed by atoms with Gasteiger partial charge in [0, 0.05) is 16.4 Å². The van der Waals surface area contributed by atoms with Crippen molar-refractivity contribution in [2.45, 2.75) is 20.4 Å². The molecule has 0 aliphatic carbocycles. The number of halogens is 1. The van der Waals surface area contributed by atoms with Crippen LogP contribution in [0.5, 0.6) is 0 Å². The second-order valence-corrected chi connectivity index (χ2v) is 6.65. The number of nitrogens with zero attached hydrogens (tertiary/aromatic N) is 2. The molecule has 1 amide bonds. The molecule has 1 aromatic carbocycles. The molecule has 0 aliphatic heterocycles. The second-order valence-electron chi connectivity index (χ2n) is 5.01. The Morgan fingerprint density at radius 1 is 1.43 bits per heavy atom. The van der Waals surface area contributed by atoms with Crippen LogP contribution in [0.2, 0.25) is 5.02 Å². The van der Waals surface area contributed by atoms with Gasteiger partial charge in [-0.05, 0) is 38.6 Å². The molecule has 0 radical (unpaired) electrons. The lowest BCUT2D eigenvalue weighted by atomic mass is 10.2. The summed E-state index contributed by atoms with van der Waals surface area (Å²) in [5.74, 6) is -0.0618. The van der Waals surface area contributed by atoms with E-state index in [0.29, 0.717) is 23.2 Å². The van der Waals surface area contributed by atoms with Crippen LogP contribution in [0.15, 0.2) is 24.3 Å². The Kier molecular flexibility index (Phi) is 5.33. The third-order valence-corrected chi connectivity index (χ3v) is 4.25. The first-order valence-corrected chi connectivity index (χ1v) is 7.80. The maximum Gasteiger partial charge on any atom is 0.240 e. The Labute approximate surface area is 133 Å². The highest BCUT2D eigenvalue weighted by Crippen LogP contribution is 2.21. The fourth-order valence-electron chi connectivity index (χ4n) is 1.93. The van der Waals surface area contributed by atoms with E-state index in [9.17, 15) is 4.79 Å². The number of carbonyl (C=O) groups excluding carboxylic acids is 1. The number of hydrogen-bond donors (Lipinski definition) is 1. The van der Waals surface area contributed by atoms with Gasteiger partial charge in [-0.25, -0.2) is 4.98 Å². The lowest BCUT2D eigenvalue weighted by molar-refractivity contribution is -0.117. The van der Waals surface area contributed by atoms with Crippen LogP contribution in [0.4, 0.5) is 5.13 Å². The molecule has 4 nitrogen and oxygen atoms in total. The van der Waals surface area contributed by atoms with Gasteiger partial charge in [0.1, 0.15) is 0 Å². The van der Waals surface area contributed by atoms with Crippen molar-refractivity contribution in [2.75, 3.05) is 18.9 Å². The molecule has 21 heavy (non-hydrogen) atoms. The van der Waals surface area contributed by atoms with Crippen LogP contribution in [-0.4, -0.2) is 29.4 Å². The molecule has 0 aliphatic rings. The average Bonchev–Trinajstić information content (AvgIpc) is 2.67. The second kappa shape index (κ2) is 7.02. The minimum atomic E-state index is -0.0618. The molecule has 0 saturated carbocycles. The van der Waals surface area contributed by atoms with E-state index in [1.54, 1.807) is 0 Å². The Hall–Kier alpha value is -1.43. The van der Waals surface area contributed by atoms with Gasteiger partial charge in [-0.2, -0.15) is 0 Å². The zero-order valence-corrected chi connectivity index (χ0v) is 13.9. The number of likely N-dealkylation sites (N-methyl/N-ethyl adjacent to an activating group) is 1. The SMILES string of the molecule is Cc1nc(NC(=O)CN(C)Cc2cccc(Cl)c2)sc1C. The highest BCUT2D eigenvalue weighted by atomic mass is 35.5. The number of carbonyl (C=O) groups is 1. The van der Waals surface area contributed by atoms with Gasteiger partial charge >= 0.3 is 0 Å². The Morgan fingerprint density at radius 2 is 2.19 bits per heavy atom. The predicted octanol–water partition coefficient (Wildman–Crippen LogP) is 3.48. The lowest BCUT2D eigenvalue weighted by Crippen LogP contribution is -2.29. The monoisotopic (exact) mass is 323 g/mol. The van der Waals surface area contributed by atoms with E-state index in [4.69, 9.17) is 11.6 Å². The summed E-state index contributed by atoms with van der Waals surface area (Å²) in [6.07, 6.45) is 0. The van der Waals surface area contributed by atoms with Gasteiger partial charge in [0.05, 0.1) is 12.2 Å². The molecule has 112 valence electrons. The van der Waals surface area contributed by atoms with Crippen LogP contribution in [0.1, 0.15) is 16.1 Å². The van der Waals surface area contributed by atoms with Crippen LogP contribution in [0.25, 0.3) is 0 Å². The lowest BCUT2D eigenvalue weighted by Gasteiger charge is -2.15. The molecule has 0 unspecified atom stereocenters. The van der Waals surface area contributed by atoms with E-state index in [0.717, 1.165) is 16.1 Å². The fourth-order valence-corrected chi connectivity index (χ4v) is 2.98. The van der Waals surface area contributed by atoms with Crippen LogP contribution >= 0.6 is 22.9 Å². The van der Waals surface area contributed by atoms with Crippen LogP contribution in [0, 0.1) is 13.8 Å². The van der Waals surface area contributed by atoms with Gasteiger partial charge in [-0.1, -0.05) is 23.7 Å². The number of rotatable bonds is 5. The van der Waals surface area contributed by atoms with Crippen molar-refractivity contribution in [3.8, 4) is 0 Å². The maximum absolute atomic E-state index is 12.0. The first-order chi connectivity index (χ1) is 9.94. The van der Waals surface area contributed by atoms with Gasteiger partial charge in [0.2, 0.25) is 5.91 Å². The summed E-state index contributed by atoms with van der Waals surface area (Å²) < 4.78 is 0. The van der Waals surface area contributed by atoms with Gasteiger partial charge in [-0.3, -0.25) is 9.69 Å². The average molecular weight is 324 g/mol. The Balaban J connectivity index is 1.87. The van der Waals surface area contributed by atoms with Crippen molar-refractivity contribution in [3.05, 3.63) is 45.4 Å². The van der Waals surface area contributed by atoms with Gasteiger partial charge in [-0.15, -0.1) is 11.3 Å². The number of amides is 1. The third kappa shape index (κ3) is 4.81. The molecule has 2 aromatic rings. The number of nitrogens with one attached hydrogen (secondary N) is 1. The third-order valence-electron chi connectivity index (χ3n) is 3.03. The number of hydrogen-bond acceptors (Lipinski definition) is 4. The number of aryl methyl sites for hydroxylation is 2. The molecule has 6 heteroatoms. The molecule has 0 fully saturated rings. The number of anilines is 1. The molecule has 1 N–H and O–H groups in total. The van der Waals surface area contributed by atoms with Crippen molar-refractivity contribution < 1.29 is 4.79 Å². The summed E-state index contributed by atoms with van der Waals surface area (Å²) in [6.45, 7) is 4.91. The predicted molar refractivity (Wildman–Crippen MR) is 88.0 cm³/mol. The summed E-state index contributed by atoms with van der Waals surface area (Å²) in [5.41, 5.74) is 2.04. The quantitative estimate of drug-likeness (QED) is 0.916. The minimum Gasteiger partial charge on any atom is -0.301 e. The largest absolute Gasteiger partial charge is 0.301 e. The molecular formula is C15H18ClN3OS. The number of benzene rings is 1. The summed E-state index contributed by atoms with van der Waals surface area (Å²) in [6, 6.07) is 7.65. The van der Waals surface area contributed by atoms with E-state index >= 15 is 0 Å². The standard InChI is InChI=1S/C15H18ClN3OS/c1-10-11(2)21-15(17-10)18-14(20)9-19(3)8-12-5-4-6-13(16)7-12/h4-7H,8-9H2,1-3H3,(H,17,18,20). The molecule has 1 aromatic heterocycles. The number of aromatic nitrogens is 1. The summed E-state index contributed by atoms with van der Waals surface area (Å²) in [4.78, 5) is 19.4. The maximum atomic E-state index is 12.0. The normalized spacial score (nSPS) is 10.9. The van der Waals surface area contributed by atoms with Crippen LogP contribution in [0.3, 0.4) is 0 Å². The smallest absolute Gasteiger partial charge is 0.240 e. The first-order valence-electron chi connectivity index (χ1n) is 6.61. The summed E-state index contributed by atoms with van der Waals surface area (Å²) in [7, 11) is 1.90. The highest BCUT2D eigenvalue weighted by molar-refractivity contribution is 7.15. The zero-order chi connectivity index (χ0) is 15.4. The minimum absolute atomic E-state index is 0.0618. The van der Waals surface area contributed by atoms with E-state index in [1.165, 1.54) is 11.3 Å². The molecule has 0 atom stereocenters. The molecular weight excluding hydrogens is 306 g/mol. The van der Waals surface area contributed by atoms with E-state index in [-0.39, 0.29) is 5.91 Å². The van der Waals surface area contributed by atoms with Gasteiger partial charge in [0.25, 0.3) is 0 Å². The van der Waals surface area contributed by atoms with Crippen LogP contribution in [-0.2, 0) is 11.3 Å². The zero-order valence-electron chi connectivity index (χ0n) is 12.3. The van der Waals surface area contributed by atoms with Crippen molar-refractivity contribution in [1.82, 2.24) is 9.88 Å². The molecule has 2 rings (SSSR count). The van der Waals surface area contributed by atoms with Gasteiger partial charge in [0.15, 0.2) is 5.13 Å². The first kappa shape index (κ1) is 15.9. The Bertz CT molecular complexity index is 622. The summed E-state index contributed by atoms with van der Waals surface area (Å²) >= 11 is 7.45. The van der Waals surface area contributed by atoms with Crippen molar-refractivity contribution in [3.63, 3.8) is 0 Å². The fraction of sp³-hybridized carbons (Fsp3) is 0.333. The van der Waals surface area contributed by atoms with Crippen LogP contribution < -0.4 is 5.32 Å². The highest BCUT2D eigenvalue weighted by Gasteiger charge is 2.10. The molecule has 0 saturated heterocycles. The Morgan fingerprint density at radius 3 is 2.81 bits per heavy atom. The topological polar surface area (TPSA) is 45.2 Å². The van der Waals surface area contributed by atoms with Gasteiger partial charge < -0.3 is 5.32 Å².